The van der Waals surface area contributed by atoms with Gasteiger partial charge in [0, 0.05) is 18.3 Å². The van der Waals surface area contributed by atoms with Crippen LogP contribution in [0, 0.1) is 0 Å². The highest BCUT2D eigenvalue weighted by Crippen LogP contribution is 2.27. The van der Waals surface area contributed by atoms with Crippen molar-refractivity contribution in [1.82, 2.24) is 14.9 Å². The fourth-order valence-electron chi connectivity index (χ4n) is 3.41. The van der Waals surface area contributed by atoms with Gasteiger partial charge in [-0.3, -0.25) is 19.0 Å². The van der Waals surface area contributed by atoms with Gasteiger partial charge in [0.1, 0.15) is 5.75 Å². The number of fused-ring (bicyclic) bond motifs is 1. The monoisotopic (exact) mass is 474 g/mol. The van der Waals surface area contributed by atoms with Crippen LogP contribution in [-0.2, 0) is 4.79 Å². The van der Waals surface area contributed by atoms with E-state index in [1.807, 2.05) is 18.2 Å². The molecule has 34 heavy (non-hydrogen) atoms. The molecule has 0 spiro atoms. The topological polar surface area (TPSA) is 102 Å². The minimum atomic E-state index is -0.272. The number of rotatable bonds is 7. The van der Waals surface area contributed by atoms with E-state index in [2.05, 4.69) is 15.6 Å². The van der Waals surface area contributed by atoms with Gasteiger partial charge in [-0.15, -0.1) is 0 Å². The van der Waals surface area contributed by atoms with Crippen LogP contribution in [0.25, 0.3) is 16.6 Å². The van der Waals surface area contributed by atoms with E-state index in [0.717, 1.165) is 11.8 Å². The number of nitrogens with zero attached hydrogens (tertiary/aromatic N) is 2. The molecule has 0 bridgehead atoms. The summed E-state index contributed by atoms with van der Waals surface area (Å²) in [6, 6.07) is 20.8. The van der Waals surface area contributed by atoms with Crippen LogP contribution in [0.5, 0.6) is 5.75 Å². The number of hydrogen-bond acceptors (Lipinski definition) is 6. The third-order valence-corrected chi connectivity index (χ3v) is 6.00. The van der Waals surface area contributed by atoms with Crippen molar-refractivity contribution in [2.75, 3.05) is 25.2 Å². The summed E-state index contributed by atoms with van der Waals surface area (Å²) < 4.78 is 6.93. The molecular weight excluding hydrogens is 452 g/mol. The number of carbonyl (C=O) groups is 2. The predicted octanol–water partition coefficient (Wildman–Crippen LogP) is 3.48. The van der Waals surface area contributed by atoms with E-state index in [1.54, 1.807) is 61.6 Å². The second kappa shape index (κ2) is 10.2. The van der Waals surface area contributed by atoms with Gasteiger partial charge in [-0.1, -0.05) is 36.0 Å². The second-order valence-electron chi connectivity index (χ2n) is 7.22. The summed E-state index contributed by atoms with van der Waals surface area (Å²) in [5.41, 5.74) is 1.90. The number of carbonyl (C=O) groups excluding carboxylic acids is 2. The van der Waals surface area contributed by atoms with E-state index < -0.39 is 0 Å². The molecule has 0 unspecified atom stereocenters. The maximum absolute atomic E-state index is 13.4. The van der Waals surface area contributed by atoms with Crippen LogP contribution in [0.3, 0.4) is 0 Å². The van der Waals surface area contributed by atoms with E-state index >= 15 is 0 Å². The third kappa shape index (κ3) is 4.79. The quantitative estimate of drug-likeness (QED) is 0.314. The normalized spacial score (nSPS) is 10.6. The van der Waals surface area contributed by atoms with Crippen LogP contribution in [0.2, 0.25) is 0 Å². The molecule has 1 heterocycles. The summed E-state index contributed by atoms with van der Waals surface area (Å²) >= 11 is 1.15. The van der Waals surface area contributed by atoms with Crippen LogP contribution in [0.15, 0.2) is 82.7 Å². The van der Waals surface area contributed by atoms with Crippen molar-refractivity contribution >= 4 is 40.2 Å². The Kier molecular flexibility index (Phi) is 6.93. The zero-order chi connectivity index (χ0) is 24.1. The lowest BCUT2D eigenvalue weighted by Crippen LogP contribution is -2.23. The molecule has 8 nitrogen and oxygen atoms in total. The van der Waals surface area contributed by atoms with Crippen LogP contribution in [0.4, 0.5) is 5.69 Å². The number of para-hydroxylation sites is 3. The molecule has 0 aliphatic carbocycles. The lowest BCUT2D eigenvalue weighted by atomic mass is 10.2. The number of aromatic nitrogens is 2. The number of amides is 2. The minimum Gasteiger partial charge on any atom is -0.495 e. The number of hydrogen-bond donors (Lipinski definition) is 2. The molecule has 3 aromatic carbocycles. The van der Waals surface area contributed by atoms with Crippen LogP contribution >= 0.6 is 11.8 Å². The summed E-state index contributed by atoms with van der Waals surface area (Å²) in [4.78, 5) is 42.3. The molecule has 4 aromatic rings. The molecule has 0 aliphatic heterocycles. The number of ether oxygens (including phenoxy) is 1. The van der Waals surface area contributed by atoms with Crippen LogP contribution in [0.1, 0.15) is 10.4 Å². The number of nitrogens with one attached hydrogen (secondary N) is 2. The van der Waals surface area contributed by atoms with Gasteiger partial charge in [-0.2, -0.15) is 0 Å². The van der Waals surface area contributed by atoms with Crippen molar-refractivity contribution in [2.45, 2.75) is 5.16 Å². The van der Waals surface area contributed by atoms with E-state index in [9.17, 15) is 14.4 Å². The average molecular weight is 475 g/mol. The maximum atomic E-state index is 13.4. The summed E-state index contributed by atoms with van der Waals surface area (Å²) in [5.74, 6) is 0.0675. The fraction of sp³-hybridized carbons (Fsp3) is 0.120. The fourth-order valence-corrected chi connectivity index (χ4v) is 4.22. The number of thioether (sulfide) groups is 1. The van der Waals surface area contributed by atoms with Gasteiger partial charge in [0.05, 0.1) is 29.5 Å². The van der Waals surface area contributed by atoms with Gasteiger partial charge in [0.15, 0.2) is 5.16 Å². The summed E-state index contributed by atoms with van der Waals surface area (Å²) in [6.07, 6.45) is 0. The Bertz CT molecular complexity index is 1420. The molecule has 0 saturated heterocycles. The minimum absolute atomic E-state index is 0.0249. The molecule has 0 fully saturated rings. The maximum Gasteiger partial charge on any atom is 0.266 e. The highest BCUT2D eigenvalue weighted by Gasteiger charge is 2.17. The highest BCUT2D eigenvalue weighted by molar-refractivity contribution is 7.99. The molecule has 2 amide bonds. The molecule has 9 heteroatoms. The Balaban J connectivity index is 1.62. The Morgan fingerprint density at radius 1 is 1.00 bits per heavy atom. The molecule has 0 radical (unpaired) electrons. The first-order valence-corrected chi connectivity index (χ1v) is 11.4. The number of methoxy groups -OCH3 is 1. The van der Waals surface area contributed by atoms with Crippen molar-refractivity contribution in [3.8, 4) is 11.4 Å². The van der Waals surface area contributed by atoms with Crippen LogP contribution in [-0.4, -0.2) is 41.3 Å². The Labute approximate surface area is 200 Å². The summed E-state index contributed by atoms with van der Waals surface area (Å²) in [7, 11) is 3.09. The van der Waals surface area contributed by atoms with Crippen molar-refractivity contribution < 1.29 is 14.3 Å². The highest BCUT2D eigenvalue weighted by atomic mass is 32.2. The molecule has 1 aromatic heterocycles. The standard InChI is InChI=1S/C25H22N4O4S/c1-26-23(31)16-11-13-17(14-12-16)27-22(30)15-34-25-28-19-8-4-3-7-18(19)24(32)29(25)20-9-5-6-10-21(20)33-2/h3-14H,15H2,1-2H3,(H,26,31)(H,27,30). The van der Waals surface area contributed by atoms with E-state index in [-0.39, 0.29) is 23.1 Å². The lowest BCUT2D eigenvalue weighted by Gasteiger charge is -2.15. The van der Waals surface area contributed by atoms with Gasteiger partial charge < -0.3 is 15.4 Å². The van der Waals surface area contributed by atoms with Crippen molar-refractivity contribution in [3.05, 3.63) is 88.7 Å². The first kappa shape index (κ1) is 23.1. The molecule has 2 N–H and O–H groups in total. The van der Waals surface area contributed by atoms with Crippen molar-refractivity contribution in [2.24, 2.45) is 0 Å². The zero-order valence-electron chi connectivity index (χ0n) is 18.6. The zero-order valence-corrected chi connectivity index (χ0v) is 19.4. The Hall–Kier alpha value is -4.11. The van der Waals surface area contributed by atoms with Crippen molar-refractivity contribution in [3.63, 3.8) is 0 Å². The molecule has 4 rings (SSSR count). The Morgan fingerprint density at radius 3 is 2.44 bits per heavy atom. The molecule has 0 aliphatic rings. The van der Waals surface area contributed by atoms with Gasteiger partial charge >= 0.3 is 0 Å². The predicted molar refractivity (Wildman–Crippen MR) is 133 cm³/mol. The Morgan fingerprint density at radius 2 is 1.71 bits per heavy atom. The van der Waals surface area contributed by atoms with Gasteiger partial charge in [-0.25, -0.2) is 4.98 Å². The molecule has 172 valence electrons. The van der Waals surface area contributed by atoms with Crippen molar-refractivity contribution in [1.29, 1.82) is 0 Å². The number of benzene rings is 3. The van der Waals surface area contributed by atoms with Gasteiger partial charge in [0.25, 0.3) is 11.5 Å². The SMILES string of the molecule is CNC(=O)c1ccc(NC(=O)CSc2nc3ccccc3c(=O)n2-c2ccccc2OC)cc1. The van der Waals surface area contributed by atoms with E-state index in [1.165, 1.54) is 11.7 Å². The van der Waals surface area contributed by atoms with Gasteiger partial charge in [0.2, 0.25) is 5.91 Å². The third-order valence-electron chi connectivity index (χ3n) is 5.06. The first-order valence-electron chi connectivity index (χ1n) is 10.4. The summed E-state index contributed by atoms with van der Waals surface area (Å²) in [6.45, 7) is 0. The summed E-state index contributed by atoms with van der Waals surface area (Å²) in [5, 5.41) is 6.19. The number of anilines is 1. The van der Waals surface area contributed by atoms with Crippen LogP contribution < -0.4 is 20.9 Å². The van der Waals surface area contributed by atoms with E-state index in [0.29, 0.717) is 38.7 Å². The van der Waals surface area contributed by atoms with E-state index in [4.69, 9.17) is 4.74 Å². The largest absolute Gasteiger partial charge is 0.495 e. The lowest BCUT2D eigenvalue weighted by molar-refractivity contribution is -0.113. The smallest absolute Gasteiger partial charge is 0.266 e. The molecule has 0 atom stereocenters. The second-order valence-corrected chi connectivity index (χ2v) is 8.16. The molecular formula is C25H22N4O4S. The van der Waals surface area contributed by atoms with Gasteiger partial charge in [-0.05, 0) is 48.5 Å². The molecule has 0 saturated carbocycles. The first-order chi connectivity index (χ1) is 16.5. The average Bonchev–Trinajstić information content (AvgIpc) is 2.87.